The van der Waals surface area contributed by atoms with Gasteiger partial charge in [-0.1, -0.05) is 13.8 Å². The summed E-state index contributed by atoms with van der Waals surface area (Å²) in [5.41, 5.74) is 0.197. The topological polar surface area (TPSA) is 89.5 Å². The van der Waals surface area contributed by atoms with Gasteiger partial charge in [-0.2, -0.15) is 0 Å². The summed E-state index contributed by atoms with van der Waals surface area (Å²) in [4.78, 5) is 23.5. The van der Waals surface area contributed by atoms with Crippen molar-refractivity contribution >= 4 is 21.7 Å². The van der Waals surface area contributed by atoms with Crippen molar-refractivity contribution < 1.29 is 22.7 Å². The molecule has 0 aliphatic carbocycles. The van der Waals surface area contributed by atoms with E-state index in [1.807, 2.05) is 13.8 Å². The van der Waals surface area contributed by atoms with E-state index in [4.69, 9.17) is 4.74 Å². The molecule has 22 heavy (non-hydrogen) atoms. The molecule has 0 saturated heterocycles. The molecule has 122 valence electrons. The lowest BCUT2D eigenvalue weighted by Gasteiger charge is -2.14. The molecule has 0 bridgehead atoms. The molecule has 0 unspecified atom stereocenters. The summed E-state index contributed by atoms with van der Waals surface area (Å²) in [5.74, 6) is -1.02. The first kappa shape index (κ1) is 18.2. The molecule has 1 N–H and O–H groups in total. The summed E-state index contributed by atoms with van der Waals surface area (Å²) < 4.78 is 27.5. The quantitative estimate of drug-likeness (QED) is 0.768. The molecule has 1 aromatic rings. The first-order chi connectivity index (χ1) is 10.3. The molecule has 1 amide bonds. The van der Waals surface area contributed by atoms with Crippen LogP contribution in [-0.4, -0.2) is 39.2 Å². The Bertz CT molecular complexity index is 618. The summed E-state index contributed by atoms with van der Waals surface area (Å²) >= 11 is 0. The van der Waals surface area contributed by atoms with Crippen LogP contribution < -0.4 is 5.32 Å². The van der Waals surface area contributed by atoms with Gasteiger partial charge in [-0.3, -0.25) is 4.79 Å². The van der Waals surface area contributed by atoms with Gasteiger partial charge in [0.1, 0.15) is 0 Å². The second-order valence-electron chi connectivity index (χ2n) is 4.95. The van der Waals surface area contributed by atoms with Gasteiger partial charge in [0, 0.05) is 12.3 Å². The van der Waals surface area contributed by atoms with E-state index in [0.29, 0.717) is 0 Å². The Hall–Kier alpha value is -1.89. The summed E-state index contributed by atoms with van der Waals surface area (Å²) in [6, 6.07) is 5.45. The average molecular weight is 327 g/mol. The Kier molecular flexibility index (Phi) is 6.55. The Balaban J connectivity index is 2.57. The van der Waals surface area contributed by atoms with E-state index in [0.717, 1.165) is 19.1 Å². The molecule has 0 aromatic heterocycles. The second-order valence-corrected chi connectivity index (χ2v) is 6.97. The molecule has 0 heterocycles. The number of amides is 1. The first-order valence-electron chi connectivity index (χ1n) is 7.04. The molecular formula is C15H21NO5S. The van der Waals surface area contributed by atoms with Gasteiger partial charge in [-0.15, -0.1) is 0 Å². The molecule has 7 heteroatoms. The van der Waals surface area contributed by atoms with E-state index < -0.39 is 15.8 Å². The van der Waals surface area contributed by atoms with Crippen LogP contribution in [0.4, 0.5) is 0 Å². The molecule has 0 spiro atoms. The summed E-state index contributed by atoms with van der Waals surface area (Å²) in [6.45, 7) is 3.57. The number of benzene rings is 1. The lowest BCUT2D eigenvalue weighted by molar-refractivity contribution is -0.125. The fourth-order valence-electron chi connectivity index (χ4n) is 1.81. The number of rotatable bonds is 7. The normalized spacial score (nSPS) is 11.3. The van der Waals surface area contributed by atoms with Crippen molar-refractivity contribution in [2.24, 2.45) is 0 Å². The van der Waals surface area contributed by atoms with Crippen molar-refractivity contribution in [3.8, 4) is 0 Å². The molecule has 0 radical (unpaired) electrons. The Morgan fingerprint density at radius 1 is 1.14 bits per heavy atom. The predicted octanol–water partition coefficient (Wildman–Crippen LogP) is 1.55. The number of carbonyl (C=O) groups excluding carboxylic acids is 2. The predicted molar refractivity (Wildman–Crippen MR) is 82.3 cm³/mol. The van der Waals surface area contributed by atoms with Crippen LogP contribution in [0.2, 0.25) is 0 Å². The van der Waals surface area contributed by atoms with Crippen molar-refractivity contribution in [1.29, 1.82) is 0 Å². The third-order valence-electron chi connectivity index (χ3n) is 3.20. The maximum absolute atomic E-state index is 11.8. The van der Waals surface area contributed by atoms with Gasteiger partial charge in [-0.25, -0.2) is 13.2 Å². The van der Waals surface area contributed by atoms with Crippen LogP contribution in [0.3, 0.4) is 0 Å². The highest BCUT2D eigenvalue weighted by atomic mass is 32.2. The minimum Gasteiger partial charge on any atom is -0.452 e. The van der Waals surface area contributed by atoms with Crippen LogP contribution in [0.1, 0.15) is 37.0 Å². The molecule has 1 aromatic carbocycles. The van der Waals surface area contributed by atoms with Crippen LogP contribution >= 0.6 is 0 Å². The second kappa shape index (κ2) is 7.93. The monoisotopic (exact) mass is 327 g/mol. The lowest BCUT2D eigenvalue weighted by atomic mass is 10.2. The molecule has 0 aliphatic rings. The van der Waals surface area contributed by atoms with Crippen LogP contribution in [-0.2, 0) is 19.4 Å². The lowest BCUT2D eigenvalue weighted by Crippen LogP contribution is -2.36. The Morgan fingerprint density at radius 2 is 1.68 bits per heavy atom. The number of carbonyl (C=O) groups is 2. The number of sulfone groups is 1. The van der Waals surface area contributed by atoms with Gasteiger partial charge in [0.25, 0.3) is 5.91 Å². The largest absolute Gasteiger partial charge is 0.452 e. The molecule has 6 nitrogen and oxygen atoms in total. The van der Waals surface area contributed by atoms with E-state index in [9.17, 15) is 18.0 Å². The maximum atomic E-state index is 11.8. The fourth-order valence-corrected chi connectivity index (χ4v) is 2.45. The summed E-state index contributed by atoms with van der Waals surface area (Å²) in [5, 5.41) is 2.76. The molecule has 1 rings (SSSR count). The van der Waals surface area contributed by atoms with Gasteiger partial charge < -0.3 is 10.1 Å². The zero-order valence-corrected chi connectivity index (χ0v) is 13.8. The van der Waals surface area contributed by atoms with Gasteiger partial charge >= 0.3 is 5.97 Å². The van der Waals surface area contributed by atoms with E-state index in [1.54, 1.807) is 0 Å². The van der Waals surface area contributed by atoms with Gasteiger partial charge in [0.15, 0.2) is 16.4 Å². The highest BCUT2D eigenvalue weighted by Gasteiger charge is 2.14. The van der Waals surface area contributed by atoms with Crippen LogP contribution in [0, 0.1) is 0 Å². The standard InChI is InChI=1S/C15H21NO5S/c1-4-12(5-2)16-14(17)10-21-15(18)11-6-8-13(9-7-11)22(3,19)20/h6-9,12H,4-5,10H2,1-3H3,(H,16,17). The number of esters is 1. The van der Waals surface area contributed by atoms with E-state index in [1.165, 1.54) is 24.3 Å². The summed E-state index contributed by atoms with van der Waals surface area (Å²) in [6.07, 6.45) is 2.70. The number of nitrogens with one attached hydrogen (secondary N) is 1. The third kappa shape index (κ3) is 5.48. The van der Waals surface area contributed by atoms with Crippen molar-refractivity contribution in [2.45, 2.75) is 37.6 Å². The zero-order chi connectivity index (χ0) is 16.8. The minimum atomic E-state index is -3.31. The first-order valence-corrected chi connectivity index (χ1v) is 8.93. The highest BCUT2D eigenvalue weighted by molar-refractivity contribution is 7.90. The number of ether oxygens (including phenoxy) is 1. The number of hydrogen-bond donors (Lipinski definition) is 1. The zero-order valence-electron chi connectivity index (χ0n) is 13.0. The van der Waals surface area contributed by atoms with Crippen LogP contribution in [0.25, 0.3) is 0 Å². The fraction of sp³-hybridized carbons (Fsp3) is 0.467. The molecule has 0 aliphatic heterocycles. The molecule has 0 saturated carbocycles. The van der Waals surface area contributed by atoms with Gasteiger partial charge in [0.05, 0.1) is 10.5 Å². The highest BCUT2D eigenvalue weighted by Crippen LogP contribution is 2.11. The molecular weight excluding hydrogens is 306 g/mol. The van der Waals surface area contributed by atoms with Crippen LogP contribution in [0.5, 0.6) is 0 Å². The van der Waals surface area contributed by atoms with Crippen LogP contribution in [0.15, 0.2) is 29.2 Å². The van der Waals surface area contributed by atoms with E-state index in [-0.39, 0.29) is 29.0 Å². The minimum absolute atomic E-state index is 0.0697. The summed E-state index contributed by atoms with van der Waals surface area (Å²) in [7, 11) is -3.31. The SMILES string of the molecule is CCC(CC)NC(=O)COC(=O)c1ccc(S(C)(=O)=O)cc1. The van der Waals surface area contributed by atoms with Crippen molar-refractivity contribution in [3.05, 3.63) is 29.8 Å². The van der Waals surface area contributed by atoms with Gasteiger partial charge in [0.2, 0.25) is 0 Å². The van der Waals surface area contributed by atoms with Crippen molar-refractivity contribution in [3.63, 3.8) is 0 Å². The smallest absolute Gasteiger partial charge is 0.338 e. The average Bonchev–Trinajstić information content (AvgIpc) is 2.49. The maximum Gasteiger partial charge on any atom is 0.338 e. The van der Waals surface area contributed by atoms with Gasteiger partial charge in [-0.05, 0) is 37.1 Å². The van der Waals surface area contributed by atoms with E-state index in [2.05, 4.69) is 5.32 Å². The third-order valence-corrected chi connectivity index (χ3v) is 4.33. The Morgan fingerprint density at radius 3 is 2.14 bits per heavy atom. The van der Waals surface area contributed by atoms with Crippen molar-refractivity contribution in [2.75, 3.05) is 12.9 Å². The van der Waals surface area contributed by atoms with Crippen molar-refractivity contribution in [1.82, 2.24) is 5.32 Å². The molecule has 0 fully saturated rings. The molecule has 0 atom stereocenters. The Labute approximate surface area is 130 Å². The number of hydrogen-bond acceptors (Lipinski definition) is 5. The van der Waals surface area contributed by atoms with E-state index >= 15 is 0 Å².